The van der Waals surface area contributed by atoms with E-state index in [2.05, 4.69) is 31.2 Å². The molecule has 2 aromatic heterocycles. The van der Waals surface area contributed by atoms with Gasteiger partial charge in [-0.05, 0) is 37.4 Å². The van der Waals surface area contributed by atoms with Gasteiger partial charge in [-0.25, -0.2) is 9.97 Å². The summed E-state index contributed by atoms with van der Waals surface area (Å²) in [6, 6.07) is 8.88. The first-order valence-corrected chi connectivity index (χ1v) is 10.5. The molecule has 4 rings (SSSR count). The third-order valence-corrected chi connectivity index (χ3v) is 6.17. The van der Waals surface area contributed by atoms with Crippen molar-refractivity contribution in [2.24, 2.45) is 0 Å². The van der Waals surface area contributed by atoms with Crippen molar-refractivity contribution in [3.05, 3.63) is 47.6 Å². The maximum absolute atomic E-state index is 12.8. The largest absolute Gasteiger partial charge is 0.353 e. The van der Waals surface area contributed by atoms with E-state index in [0.29, 0.717) is 11.3 Å². The molecule has 0 saturated carbocycles. The molecule has 3 heterocycles. The quantitative estimate of drug-likeness (QED) is 0.653. The van der Waals surface area contributed by atoms with Crippen molar-refractivity contribution < 1.29 is 9.59 Å². The van der Waals surface area contributed by atoms with Crippen LogP contribution in [0.3, 0.4) is 0 Å². The van der Waals surface area contributed by atoms with Crippen molar-refractivity contribution in [2.75, 3.05) is 36.4 Å². The zero-order valence-corrected chi connectivity index (χ0v) is 17.3. The van der Waals surface area contributed by atoms with E-state index in [4.69, 9.17) is 0 Å². The molecule has 1 N–H and O–H groups in total. The number of benzene rings is 1. The van der Waals surface area contributed by atoms with Crippen LogP contribution in [0.2, 0.25) is 0 Å². The summed E-state index contributed by atoms with van der Waals surface area (Å²) in [5.74, 6) is 0.796. The molecular formula is C21H23N5O2S. The number of aromatic nitrogens is 2. The molecule has 1 aliphatic rings. The lowest BCUT2D eigenvalue weighted by Crippen LogP contribution is -2.53. The van der Waals surface area contributed by atoms with E-state index in [0.717, 1.165) is 42.2 Å². The van der Waals surface area contributed by atoms with Gasteiger partial charge in [0.25, 0.3) is 0 Å². The summed E-state index contributed by atoms with van der Waals surface area (Å²) >= 11 is 1.61. The number of anilines is 2. The molecule has 3 aromatic rings. The van der Waals surface area contributed by atoms with Gasteiger partial charge in [0.2, 0.25) is 5.91 Å². The average Bonchev–Trinajstić information content (AvgIpc) is 3.22. The molecule has 0 aliphatic carbocycles. The predicted octanol–water partition coefficient (Wildman–Crippen LogP) is 3.04. The topological polar surface area (TPSA) is 78.4 Å². The van der Waals surface area contributed by atoms with Crippen molar-refractivity contribution >= 4 is 44.7 Å². The van der Waals surface area contributed by atoms with Crippen molar-refractivity contribution in [1.29, 1.82) is 0 Å². The highest BCUT2D eigenvalue weighted by atomic mass is 32.1. The summed E-state index contributed by atoms with van der Waals surface area (Å²) in [6.07, 6.45) is 1.61. The Labute approximate surface area is 173 Å². The fraction of sp³-hybridized carbons (Fsp3) is 0.333. The maximum Gasteiger partial charge on any atom is 0.241 e. The van der Waals surface area contributed by atoms with Gasteiger partial charge in [-0.1, -0.05) is 12.1 Å². The number of amides is 1. The van der Waals surface area contributed by atoms with Crippen molar-refractivity contribution in [2.45, 2.75) is 19.9 Å². The summed E-state index contributed by atoms with van der Waals surface area (Å²) in [5, 5.41) is 6.03. The second kappa shape index (κ2) is 8.26. The monoisotopic (exact) mass is 409 g/mol. The van der Waals surface area contributed by atoms with Crippen LogP contribution < -0.4 is 10.2 Å². The van der Waals surface area contributed by atoms with Crippen LogP contribution >= 0.6 is 11.3 Å². The first kappa shape index (κ1) is 19.5. The molecule has 0 radical (unpaired) electrons. The van der Waals surface area contributed by atoms with Crippen LogP contribution in [0.1, 0.15) is 24.2 Å². The third kappa shape index (κ3) is 3.99. The van der Waals surface area contributed by atoms with E-state index in [1.54, 1.807) is 35.9 Å². The van der Waals surface area contributed by atoms with Crippen LogP contribution in [0.4, 0.5) is 11.5 Å². The number of carbonyl (C=O) groups is 2. The predicted molar refractivity (Wildman–Crippen MR) is 116 cm³/mol. The van der Waals surface area contributed by atoms with Crippen LogP contribution in [0.5, 0.6) is 0 Å². The fourth-order valence-corrected chi connectivity index (χ4v) is 4.38. The maximum atomic E-state index is 12.8. The highest BCUT2D eigenvalue weighted by molar-refractivity contribution is 7.16. The Morgan fingerprint density at radius 3 is 2.62 bits per heavy atom. The molecule has 0 spiro atoms. The zero-order valence-electron chi connectivity index (χ0n) is 16.5. The number of para-hydroxylation sites is 1. The molecule has 29 heavy (non-hydrogen) atoms. The Morgan fingerprint density at radius 2 is 1.86 bits per heavy atom. The standard InChI is InChI=1S/C21H23N5O2S/c1-14(20(28)24-18-6-4-3-5-16(18)15(2)27)25-8-10-26(11-9-25)19-17-7-12-29-21(17)23-13-22-19/h3-7,12-14H,8-11H2,1-2H3,(H,24,28). The Morgan fingerprint density at radius 1 is 1.10 bits per heavy atom. The van der Waals surface area contributed by atoms with Crippen molar-refractivity contribution in [3.63, 3.8) is 0 Å². The summed E-state index contributed by atoms with van der Waals surface area (Å²) in [7, 11) is 0. The van der Waals surface area contributed by atoms with E-state index in [1.165, 1.54) is 6.92 Å². The lowest BCUT2D eigenvalue weighted by Gasteiger charge is -2.38. The molecule has 7 nitrogen and oxygen atoms in total. The van der Waals surface area contributed by atoms with Gasteiger partial charge >= 0.3 is 0 Å². The van der Waals surface area contributed by atoms with Gasteiger partial charge in [0.05, 0.1) is 17.1 Å². The van der Waals surface area contributed by atoms with Crippen LogP contribution in [0.15, 0.2) is 42.0 Å². The minimum absolute atomic E-state index is 0.0632. The second-order valence-electron chi connectivity index (χ2n) is 7.13. The van der Waals surface area contributed by atoms with Gasteiger partial charge in [-0.15, -0.1) is 11.3 Å². The number of piperazine rings is 1. The number of ketones is 1. The lowest BCUT2D eigenvalue weighted by molar-refractivity contribution is -0.120. The SMILES string of the molecule is CC(=O)c1ccccc1NC(=O)C(C)N1CCN(c2ncnc3sccc23)CC1. The molecule has 1 amide bonds. The molecule has 1 fully saturated rings. The van der Waals surface area contributed by atoms with Gasteiger partial charge in [-0.2, -0.15) is 0 Å². The lowest BCUT2D eigenvalue weighted by atomic mass is 10.1. The molecule has 1 aromatic carbocycles. The highest BCUT2D eigenvalue weighted by Crippen LogP contribution is 2.27. The smallest absolute Gasteiger partial charge is 0.241 e. The molecule has 0 bridgehead atoms. The fourth-order valence-electron chi connectivity index (χ4n) is 3.65. The van der Waals surface area contributed by atoms with Gasteiger partial charge in [0.15, 0.2) is 5.78 Å². The van der Waals surface area contributed by atoms with Crippen LogP contribution in [0, 0.1) is 0 Å². The molecular weight excluding hydrogens is 386 g/mol. The van der Waals surface area contributed by atoms with Crippen molar-refractivity contribution in [1.82, 2.24) is 14.9 Å². The number of Topliss-reactive ketones (excluding diaryl/α,β-unsaturated/α-hetero) is 1. The normalized spacial score (nSPS) is 16.0. The van der Waals surface area contributed by atoms with E-state index in [-0.39, 0.29) is 17.7 Å². The minimum Gasteiger partial charge on any atom is -0.353 e. The van der Waals surface area contributed by atoms with Gasteiger partial charge < -0.3 is 10.2 Å². The van der Waals surface area contributed by atoms with Crippen LogP contribution in [-0.4, -0.2) is 58.8 Å². The van der Waals surface area contributed by atoms with E-state index in [1.807, 2.05) is 18.4 Å². The first-order valence-electron chi connectivity index (χ1n) is 9.62. The number of hydrogen-bond acceptors (Lipinski definition) is 7. The summed E-state index contributed by atoms with van der Waals surface area (Å²) in [6.45, 7) is 6.53. The number of rotatable bonds is 5. The van der Waals surface area contributed by atoms with Gasteiger partial charge in [-0.3, -0.25) is 14.5 Å². The number of hydrogen-bond donors (Lipinski definition) is 1. The van der Waals surface area contributed by atoms with E-state index in [9.17, 15) is 9.59 Å². The highest BCUT2D eigenvalue weighted by Gasteiger charge is 2.27. The molecule has 1 aliphatic heterocycles. The first-order chi connectivity index (χ1) is 14.0. The summed E-state index contributed by atoms with van der Waals surface area (Å²) in [5.41, 5.74) is 1.10. The summed E-state index contributed by atoms with van der Waals surface area (Å²) in [4.78, 5) is 38.8. The van der Waals surface area contributed by atoms with Gasteiger partial charge in [0, 0.05) is 31.7 Å². The van der Waals surface area contributed by atoms with Crippen LogP contribution in [-0.2, 0) is 4.79 Å². The summed E-state index contributed by atoms with van der Waals surface area (Å²) < 4.78 is 0. The minimum atomic E-state index is -0.288. The molecule has 1 saturated heterocycles. The Kier molecular flexibility index (Phi) is 5.55. The number of carbonyl (C=O) groups excluding carboxylic acids is 2. The van der Waals surface area contributed by atoms with E-state index < -0.39 is 0 Å². The molecule has 150 valence electrons. The molecule has 1 unspecified atom stereocenters. The number of thiophene rings is 1. The number of nitrogens with one attached hydrogen (secondary N) is 1. The molecule has 8 heteroatoms. The number of fused-ring (bicyclic) bond motifs is 1. The average molecular weight is 410 g/mol. The Hall–Kier alpha value is -2.84. The Balaban J connectivity index is 1.40. The van der Waals surface area contributed by atoms with E-state index >= 15 is 0 Å². The van der Waals surface area contributed by atoms with Crippen LogP contribution in [0.25, 0.3) is 10.2 Å². The molecule has 1 atom stereocenters. The van der Waals surface area contributed by atoms with Gasteiger partial charge in [0.1, 0.15) is 17.0 Å². The number of nitrogens with zero attached hydrogens (tertiary/aromatic N) is 4. The Bertz CT molecular complexity index is 1040. The zero-order chi connectivity index (χ0) is 20.4. The third-order valence-electron chi connectivity index (χ3n) is 5.35. The van der Waals surface area contributed by atoms with Crippen molar-refractivity contribution in [3.8, 4) is 0 Å². The second-order valence-corrected chi connectivity index (χ2v) is 8.02.